The summed E-state index contributed by atoms with van der Waals surface area (Å²) in [5.41, 5.74) is 0.645. The van der Waals surface area contributed by atoms with Gasteiger partial charge in [0, 0.05) is 16.6 Å². The van der Waals surface area contributed by atoms with Crippen LogP contribution in [0.4, 0.5) is 5.69 Å². The van der Waals surface area contributed by atoms with Crippen molar-refractivity contribution in [2.75, 3.05) is 5.32 Å². The molecule has 2 bridgehead atoms. The average Bonchev–Trinajstić information content (AvgIpc) is 3.64. The maximum atomic E-state index is 14.0. The molecule has 1 saturated carbocycles. The predicted molar refractivity (Wildman–Crippen MR) is 137 cm³/mol. The summed E-state index contributed by atoms with van der Waals surface area (Å²) in [6, 6.07) is 10.8. The quantitative estimate of drug-likeness (QED) is 0.585. The zero-order valence-corrected chi connectivity index (χ0v) is 21.1. The minimum atomic E-state index is -1.13. The highest BCUT2D eigenvalue weighted by molar-refractivity contribution is 7.09. The molecule has 2 N–H and O–H groups in total. The minimum absolute atomic E-state index is 0.114. The highest BCUT2D eigenvalue weighted by atomic mass is 32.1. The molecule has 7 nitrogen and oxygen atoms in total. The number of fused-ring (bicyclic) bond motifs is 1. The van der Waals surface area contributed by atoms with Crippen molar-refractivity contribution in [2.45, 2.75) is 69.4 Å². The number of nitrogens with zero attached hydrogens (tertiary/aromatic N) is 1. The lowest BCUT2D eigenvalue weighted by Crippen LogP contribution is -2.56. The lowest BCUT2D eigenvalue weighted by molar-refractivity contribution is -0.142. The summed E-state index contributed by atoms with van der Waals surface area (Å²) >= 11 is 1.55. The van der Waals surface area contributed by atoms with Gasteiger partial charge in [-0.25, -0.2) is 0 Å². The second kappa shape index (κ2) is 9.16. The Balaban J connectivity index is 1.31. The van der Waals surface area contributed by atoms with E-state index in [1.54, 1.807) is 16.2 Å². The van der Waals surface area contributed by atoms with Crippen molar-refractivity contribution >= 4 is 34.7 Å². The predicted octanol–water partition coefficient (Wildman–Crippen LogP) is 3.79. The molecule has 3 amide bonds. The molecule has 3 unspecified atom stereocenters. The zero-order valence-electron chi connectivity index (χ0n) is 20.3. The van der Waals surface area contributed by atoms with Crippen LogP contribution in [0, 0.1) is 18.8 Å². The Morgan fingerprint density at radius 3 is 2.61 bits per heavy atom. The van der Waals surface area contributed by atoms with E-state index in [0.717, 1.165) is 36.1 Å². The molecule has 1 aromatic heterocycles. The SMILES string of the molecule is Cc1ccc(NC(=O)C2[C@H]3C=CC4(O3)C(C(=O)NC3CCCCC3)N(Cc3cccs3)C(=O)[C@@H]24)cc1. The third kappa shape index (κ3) is 3.87. The molecule has 36 heavy (non-hydrogen) atoms. The summed E-state index contributed by atoms with van der Waals surface area (Å²) in [5, 5.41) is 8.16. The first-order chi connectivity index (χ1) is 17.5. The van der Waals surface area contributed by atoms with E-state index in [0.29, 0.717) is 12.2 Å². The third-order valence-corrected chi connectivity index (χ3v) is 8.96. The van der Waals surface area contributed by atoms with Gasteiger partial charge in [0.25, 0.3) is 0 Å². The Morgan fingerprint density at radius 2 is 1.89 bits per heavy atom. The van der Waals surface area contributed by atoms with Crippen LogP contribution in [-0.4, -0.2) is 46.4 Å². The Bertz CT molecular complexity index is 1190. The van der Waals surface area contributed by atoms with Crippen molar-refractivity contribution in [3.8, 4) is 0 Å². The number of carbonyl (C=O) groups excluding carboxylic acids is 3. The van der Waals surface area contributed by atoms with Crippen LogP contribution >= 0.6 is 11.3 Å². The smallest absolute Gasteiger partial charge is 0.246 e. The summed E-state index contributed by atoms with van der Waals surface area (Å²) in [7, 11) is 0. The van der Waals surface area contributed by atoms with Gasteiger partial charge in [-0.3, -0.25) is 14.4 Å². The number of nitrogens with one attached hydrogen (secondary N) is 2. The van der Waals surface area contributed by atoms with Crippen molar-refractivity contribution in [1.82, 2.24) is 10.2 Å². The van der Waals surface area contributed by atoms with E-state index in [4.69, 9.17) is 4.74 Å². The molecule has 4 aliphatic rings. The lowest BCUT2D eigenvalue weighted by atomic mass is 9.74. The number of likely N-dealkylation sites (tertiary alicyclic amines) is 1. The summed E-state index contributed by atoms with van der Waals surface area (Å²) in [6.45, 7) is 2.31. The summed E-state index contributed by atoms with van der Waals surface area (Å²) in [4.78, 5) is 43.9. The molecule has 1 spiro atoms. The minimum Gasteiger partial charge on any atom is -0.359 e. The van der Waals surface area contributed by atoms with Crippen molar-refractivity contribution in [3.63, 3.8) is 0 Å². The van der Waals surface area contributed by atoms with Gasteiger partial charge in [-0.1, -0.05) is 55.2 Å². The molecule has 6 rings (SSSR count). The topological polar surface area (TPSA) is 87.7 Å². The van der Waals surface area contributed by atoms with Crippen molar-refractivity contribution < 1.29 is 19.1 Å². The van der Waals surface area contributed by atoms with E-state index in [1.165, 1.54) is 6.42 Å². The molecule has 5 atom stereocenters. The second-order valence-corrected chi connectivity index (χ2v) is 11.5. The number of carbonyl (C=O) groups is 3. The average molecular weight is 506 g/mol. The Morgan fingerprint density at radius 1 is 1.11 bits per heavy atom. The highest BCUT2D eigenvalue weighted by Gasteiger charge is 2.72. The maximum absolute atomic E-state index is 14.0. The number of benzene rings is 1. The van der Waals surface area contributed by atoms with Gasteiger partial charge in [-0.2, -0.15) is 0 Å². The van der Waals surface area contributed by atoms with Gasteiger partial charge in [-0.15, -0.1) is 11.3 Å². The van der Waals surface area contributed by atoms with Crippen molar-refractivity contribution in [1.29, 1.82) is 0 Å². The monoisotopic (exact) mass is 505 g/mol. The molecular formula is C28H31N3O4S. The number of anilines is 1. The van der Waals surface area contributed by atoms with Gasteiger partial charge in [0.2, 0.25) is 17.7 Å². The Kier molecular flexibility index (Phi) is 5.96. The summed E-state index contributed by atoms with van der Waals surface area (Å²) in [5.74, 6) is -2.05. The van der Waals surface area contributed by atoms with Crippen LogP contribution in [-0.2, 0) is 25.7 Å². The Labute approximate surface area is 214 Å². The fourth-order valence-electron chi connectivity index (χ4n) is 6.40. The number of aryl methyl sites for hydroxylation is 1. The fraction of sp³-hybridized carbons (Fsp3) is 0.464. The molecule has 1 aliphatic carbocycles. The summed E-state index contributed by atoms with van der Waals surface area (Å²) < 4.78 is 6.43. The van der Waals surface area contributed by atoms with E-state index in [2.05, 4.69) is 10.6 Å². The molecule has 188 valence electrons. The van der Waals surface area contributed by atoms with Crippen LogP contribution in [0.1, 0.15) is 42.5 Å². The Hall–Kier alpha value is -2.97. The second-order valence-electron chi connectivity index (χ2n) is 10.4. The van der Waals surface area contributed by atoms with Crippen LogP contribution < -0.4 is 10.6 Å². The zero-order chi connectivity index (χ0) is 24.9. The maximum Gasteiger partial charge on any atom is 0.246 e. The first-order valence-electron chi connectivity index (χ1n) is 12.8. The largest absolute Gasteiger partial charge is 0.359 e. The van der Waals surface area contributed by atoms with Crippen LogP contribution in [0.25, 0.3) is 0 Å². The molecule has 1 aromatic carbocycles. The third-order valence-electron chi connectivity index (χ3n) is 8.10. The van der Waals surface area contributed by atoms with Gasteiger partial charge in [0.1, 0.15) is 11.6 Å². The number of amides is 3. The lowest BCUT2D eigenvalue weighted by Gasteiger charge is -2.34. The fourth-order valence-corrected chi connectivity index (χ4v) is 7.10. The number of rotatable bonds is 6. The van der Waals surface area contributed by atoms with E-state index >= 15 is 0 Å². The normalized spacial score (nSPS) is 31.0. The molecule has 2 aromatic rings. The first kappa shape index (κ1) is 23.4. The molecule has 8 heteroatoms. The molecular weight excluding hydrogens is 474 g/mol. The van der Waals surface area contributed by atoms with Gasteiger partial charge in [0.15, 0.2) is 0 Å². The van der Waals surface area contributed by atoms with Gasteiger partial charge < -0.3 is 20.3 Å². The highest BCUT2D eigenvalue weighted by Crippen LogP contribution is 2.55. The van der Waals surface area contributed by atoms with Gasteiger partial charge in [0.05, 0.1) is 24.5 Å². The van der Waals surface area contributed by atoms with Crippen molar-refractivity contribution in [2.24, 2.45) is 11.8 Å². The van der Waals surface area contributed by atoms with E-state index in [1.807, 2.05) is 60.9 Å². The molecule has 2 saturated heterocycles. The van der Waals surface area contributed by atoms with E-state index in [-0.39, 0.29) is 23.8 Å². The first-order valence-corrected chi connectivity index (χ1v) is 13.7. The van der Waals surface area contributed by atoms with E-state index < -0.39 is 29.6 Å². The van der Waals surface area contributed by atoms with Crippen LogP contribution in [0.2, 0.25) is 0 Å². The molecule has 3 aliphatic heterocycles. The van der Waals surface area contributed by atoms with Crippen molar-refractivity contribution in [3.05, 3.63) is 64.4 Å². The molecule has 4 heterocycles. The number of hydrogen-bond acceptors (Lipinski definition) is 5. The summed E-state index contributed by atoms with van der Waals surface area (Å²) in [6.07, 6.45) is 8.49. The number of hydrogen-bond donors (Lipinski definition) is 2. The van der Waals surface area contributed by atoms with Gasteiger partial charge >= 0.3 is 0 Å². The number of ether oxygens (including phenoxy) is 1. The van der Waals surface area contributed by atoms with Crippen LogP contribution in [0.15, 0.2) is 53.9 Å². The van der Waals surface area contributed by atoms with Crippen LogP contribution in [0.5, 0.6) is 0 Å². The van der Waals surface area contributed by atoms with E-state index in [9.17, 15) is 14.4 Å². The standard InChI is InChI=1S/C28H31N3O4S/c1-17-9-11-19(12-10-17)29-25(32)22-21-13-14-28(35-21)23(22)27(34)31(16-20-8-5-15-36-20)24(28)26(33)30-18-6-3-2-4-7-18/h5,8-15,18,21-24H,2-4,6-7,16H2,1H3,(H,29,32)(H,30,33)/t21-,22?,23-,24?,28?/m1/s1. The van der Waals surface area contributed by atoms with Crippen LogP contribution in [0.3, 0.4) is 0 Å². The number of thiophene rings is 1. The molecule has 3 fully saturated rings. The molecule has 0 radical (unpaired) electrons. The van der Waals surface area contributed by atoms with Gasteiger partial charge in [-0.05, 0) is 43.3 Å².